The quantitative estimate of drug-likeness (QED) is 0.765. The number of aryl methyl sites for hydroxylation is 1. The maximum absolute atomic E-state index is 11.6. The van der Waals surface area contributed by atoms with Gasteiger partial charge in [-0.3, -0.25) is 9.48 Å². The van der Waals surface area contributed by atoms with Gasteiger partial charge in [0.2, 0.25) is 0 Å². The first-order valence-electron chi connectivity index (χ1n) is 5.02. The van der Waals surface area contributed by atoms with Gasteiger partial charge < -0.3 is 5.73 Å². The summed E-state index contributed by atoms with van der Waals surface area (Å²) in [4.78, 5) is 15.6. The topological polar surface area (TPSA) is 73.8 Å². The average molecular weight is 210 g/mol. The zero-order valence-electron chi connectivity index (χ0n) is 9.53. The van der Waals surface area contributed by atoms with Crippen molar-refractivity contribution in [2.75, 3.05) is 0 Å². The Morgan fingerprint density at radius 2 is 2.27 bits per heavy atom. The number of hydrogen-bond donors (Lipinski definition) is 1. The van der Waals surface area contributed by atoms with Gasteiger partial charge in [-0.1, -0.05) is 0 Å². The van der Waals surface area contributed by atoms with Crippen LogP contribution in [-0.2, 0) is 18.3 Å². The highest BCUT2D eigenvalue weighted by molar-refractivity contribution is 5.80. The number of nitrogens with two attached hydrogens (primary N) is 1. The smallest absolute Gasteiger partial charge is 0.140 e. The van der Waals surface area contributed by atoms with Gasteiger partial charge in [0.05, 0.1) is 6.42 Å². The molecule has 0 saturated heterocycles. The lowest BCUT2D eigenvalue weighted by Gasteiger charge is -2.17. The van der Waals surface area contributed by atoms with E-state index < -0.39 is 0 Å². The molecule has 0 radical (unpaired) electrons. The maximum atomic E-state index is 11.6. The zero-order chi connectivity index (χ0) is 11.5. The van der Waals surface area contributed by atoms with Crippen molar-refractivity contribution in [3.05, 3.63) is 12.2 Å². The largest absolute Gasteiger partial charge is 0.326 e. The average Bonchev–Trinajstić information content (AvgIpc) is 2.47. The second-order valence-corrected chi connectivity index (χ2v) is 4.50. The molecule has 15 heavy (non-hydrogen) atoms. The molecular formula is C10H18N4O. The maximum Gasteiger partial charge on any atom is 0.140 e. The predicted octanol–water partition coefficient (Wildman–Crippen LogP) is 0.444. The van der Waals surface area contributed by atoms with Crippen molar-refractivity contribution in [3.63, 3.8) is 0 Å². The van der Waals surface area contributed by atoms with E-state index in [9.17, 15) is 4.79 Å². The Labute approximate surface area is 89.7 Å². The number of carbonyl (C=O) groups is 1. The molecule has 0 unspecified atom stereocenters. The minimum Gasteiger partial charge on any atom is -0.326 e. The van der Waals surface area contributed by atoms with Gasteiger partial charge in [0, 0.05) is 19.0 Å². The summed E-state index contributed by atoms with van der Waals surface area (Å²) >= 11 is 0. The van der Waals surface area contributed by atoms with Crippen LogP contribution < -0.4 is 5.73 Å². The monoisotopic (exact) mass is 210 g/mol. The number of rotatable bonds is 5. The van der Waals surface area contributed by atoms with Gasteiger partial charge >= 0.3 is 0 Å². The first-order valence-corrected chi connectivity index (χ1v) is 5.02. The van der Waals surface area contributed by atoms with Crippen molar-refractivity contribution in [1.29, 1.82) is 0 Å². The van der Waals surface area contributed by atoms with E-state index in [0.29, 0.717) is 25.1 Å². The summed E-state index contributed by atoms with van der Waals surface area (Å²) in [6, 6.07) is 0. The van der Waals surface area contributed by atoms with Crippen LogP contribution in [0.2, 0.25) is 0 Å². The number of hydrogen-bond acceptors (Lipinski definition) is 4. The molecule has 0 spiro atoms. The number of carbonyl (C=O) groups excluding carboxylic acids is 1. The molecule has 0 bridgehead atoms. The summed E-state index contributed by atoms with van der Waals surface area (Å²) in [5.41, 5.74) is 5.52. The molecule has 5 heteroatoms. The van der Waals surface area contributed by atoms with Gasteiger partial charge in [-0.25, -0.2) is 4.98 Å². The van der Waals surface area contributed by atoms with Crippen LogP contribution in [0.3, 0.4) is 0 Å². The first kappa shape index (κ1) is 11.8. The summed E-state index contributed by atoms with van der Waals surface area (Å²) in [5.74, 6) is 0.861. The van der Waals surface area contributed by atoms with Crippen molar-refractivity contribution in [3.8, 4) is 0 Å². The second kappa shape index (κ2) is 4.53. The molecule has 84 valence electrons. The van der Waals surface area contributed by atoms with Crippen LogP contribution in [0.5, 0.6) is 0 Å². The summed E-state index contributed by atoms with van der Waals surface area (Å²) in [6.07, 6.45) is 2.99. The molecule has 1 heterocycles. The third kappa shape index (κ3) is 4.20. The van der Waals surface area contributed by atoms with Crippen LogP contribution in [0, 0.1) is 0 Å². The van der Waals surface area contributed by atoms with E-state index in [4.69, 9.17) is 5.73 Å². The van der Waals surface area contributed by atoms with Crippen molar-refractivity contribution in [1.82, 2.24) is 14.8 Å². The molecule has 2 N–H and O–H groups in total. The molecule has 0 saturated carbocycles. The van der Waals surface area contributed by atoms with Crippen molar-refractivity contribution < 1.29 is 4.79 Å². The standard InChI is InChI=1S/C10H18N4O/c1-10(2,11)5-4-8(15)6-9-12-7-13-14(9)3/h7H,4-6,11H2,1-3H3. The van der Waals surface area contributed by atoms with Crippen LogP contribution in [0.1, 0.15) is 32.5 Å². The highest BCUT2D eigenvalue weighted by Crippen LogP contribution is 2.08. The van der Waals surface area contributed by atoms with Crippen LogP contribution in [0.15, 0.2) is 6.33 Å². The molecule has 0 aromatic carbocycles. The van der Waals surface area contributed by atoms with Gasteiger partial charge in [-0.15, -0.1) is 0 Å². The van der Waals surface area contributed by atoms with Gasteiger partial charge in [-0.05, 0) is 20.3 Å². The fourth-order valence-electron chi connectivity index (χ4n) is 1.21. The molecule has 1 aromatic rings. The Morgan fingerprint density at radius 3 is 2.73 bits per heavy atom. The van der Waals surface area contributed by atoms with Crippen LogP contribution in [-0.4, -0.2) is 26.1 Å². The minimum absolute atomic E-state index is 0.157. The molecular weight excluding hydrogens is 192 g/mol. The van der Waals surface area contributed by atoms with E-state index in [2.05, 4.69) is 10.1 Å². The predicted molar refractivity (Wildman–Crippen MR) is 57.2 cm³/mol. The normalized spacial score (nSPS) is 11.7. The van der Waals surface area contributed by atoms with Crippen molar-refractivity contribution in [2.45, 2.75) is 38.6 Å². The molecule has 0 fully saturated rings. The molecule has 0 aliphatic carbocycles. The van der Waals surface area contributed by atoms with Crippen LogP contribution in [0.4, 0.5) is 0 Å². The fraction of sp³-hybridized carbons (Fsp3) is 0.700. The van der Waals surface area contributed by atoms with Gasteiger partial charge in [0.1, 0.15) is 17.9 Å². The molecule has 0 aliphatic rings. The third-order valence-electron chi connectivity index (χ3n) is 2.21. The highest BCUT2D eigenvalue weighted by Gasteiger charge is 2.14. The zero-order valence-corrected chi connectivity index (χ0v) is 9.53. The number of nitrogens with zero attached hydrogens (tertiary/aromatic N) is 3. The molecule has 1 aromatic heterocycles. The molecule has 5 nitrogen and oxygen atoms in total. The van der Waals surface area contributed by atoms with E-state index in [-0.39, 0.29) is 11.3 Å². The Balaban J connectivity index is 2.41. The molecule has 0 aliphatic heterocycles. The number of aromatic nitrogens is 3. The summed E-state index contributed by atoms with van der Waals surface area (Å²) in [7, 11) is 1.78. The number of ketones is 1. The van der Waals surface area contributed by atoms with Crippen LogP contribution >= 0.6 is 0 Å². The van der Waals surface area contributed by atoms with E-state index in [0.717, 1.165) is 0 Å². The lowest BCUT2D eigenvalue weighted by molar-refractivity contribution is -0.118. The summed E-state index contributed by atoms with van der Waals surface area (Å²) in [6.45, 7) is 3.84. The van der Waals surface area contributed by atoms with Gasteiger partial charge in [0.15, 0.2) is 0 Å². The summed E-state index contributed by atoms with van der Waals surface area (Å²) in [5, 5.41) is 3.91. The van der Waals surface area contributed by atoms with Gasteiger partial charge in [0.25, 0.3) is 0 Å². The second-order valence-electron chi connectivity index (χ2n) is 4.50. The Morgan fingerprint density at radius 1 is 1.60 bits per heavy atom. The van der Waals surface area contributed by atoms with E-state index in [1.807, 2.05) is 13.8 Å². The SMILES string of the molecule is Cn1ncnc1CC(=O)CCC(C)(C)N. The molecule has 0 amide bonds. The van der Waals surface area contributed by atoms with Gasteiger partial charge in [-0.2, -0.15) is 5.10 Å². The first-order chi connectivity index (χ1) is 6.88. The molecule has 0 atom stereocenters. The minimum atomic E-state index is -0.282. The van der Waals surface area contributed by atoms with Crippen molar-refractivity contribution in [2.24, 2.45) is 12.8 Å². The van der Waals surface area contributed by atoms with Crippen molar-refractivity contribution >= 4 is 5.78 Å². The Kier molecular flexibility index (Phi) is 3.57. The highest BCUT2D eigenvalue weighted by atomic mass is 16.1. The molecule has 1 rings (SSSR count). The number of Topliss-reactive ketones (excluding diaryl/α,β-unsaturated/α-hetero) is 1. The Hall–Kier alpha value is -1.23. The third-order valence-corrected chi connectivity index (χ3v) is 2.21. The summed E-state index contributed by atoms with van der Waals surface area (Å²) < 4.78 is 1.62. The lowest BCUT2D eigenvalue weighted by atomic mass is 9.97. The lowest BCUT2D eigenvalue weighted by Crippen LogP contribution is -2.32. The van der Waals surface area contributed by atoms with Crippen LogP contribution in [0.25, 0.3) is 0 Å². The van der Waals surface area contributed by atoms with E-state index in [1.165, 1.54) is 6.33 Å². The Bertz CT molecular complexity index is 337. The van der Waals surface area contributed by atoms with E-state index in [1.54, 1.807) is 11.7 Å². The van der Waals surface area contributed by atoms with E-state index >= 15 is 0 Å². The fourth-order valence-corrected chi connectivity index (χ4v) is 1.21.